The Labute approximate surface area is 145 Å². The van der Waals surface area contributed by atoms with E-state index in [1.54, 1.807) is 38.3 Å². The van der Waals surface area contributed by atoms with Gasteiger partial charge in [0.2, 0.25) is 5.91 Å². The SMILES string of the molecule is COc1ccc(CN(C)CC(=O)Nc2c(F)cccc2F)c(OC)c1. The molecule has 1 N–H and O–H groups in total. The Morgan fingerprint density at radius 2 is 1.80 bits per heavy atom. The molecule has 2 aromatic carbocycles. The van der Waals surface area contributed by atoms with Crippen molar-refractivity contribution in [2.45, 2.75) is 6.54 Å². The summed E-state index contributed by atoms with van der Waals surface area (Å²) in [5.74, 6) is -0.845. The van der Waals surface area contributed by atoms with Crippen LogP contribution in [-0.4, -0.2) is 38.6 Å². The first-order valence-electron chi connectivity index (χ1n) is 7.58. The van der Waals surface area contributed by atoms with Crippen molar-refractivity contribution in [1.82, 2.24) is 4.90 Å². The zero-order chi connectivity index (χ0) is 18.4. The minimum absolute atomic E-state index is 0.0387. The van der Waals surface area contributed by atoms with Gasteiger partial charge in [-0.1, -0.05) is 12.1 Å². The number of rotatable bonds is 7. The molecule has 0 aliphatic rings. The minimum Gasteiger partial charge on any atom is -0.497 e. The lowest BCUT2D eigenvalue weighted by Crippen LogP contribution is -2.30. The summed E-state index contributed by atoms with van der Waals surface area (Å²) in [6.07, 6.45) is 0. The molecule has 0 bridgehead atoms. The van der Waals surface area contributed by atoms with Gasteiger partial charge in [-0.3, -0.25) is 9.69 Å². The largest absolute Gasteiger partial charge is 0.497 e. The van der Waals surface area contributed by atoms with Crippen molar-refractivity contribution in [1.29, 1.82) is 0 Å². The molecule has 1 amide bonds. The van der Waals surface area contributed by atoms with Crippen LogP contribution >= 0.6 is 0 Å². The van der Waals surface area contributed by atoms with Crippen molar-refractivity contribution >= 4 is 11.6 Å². The molecule has 2 aromatic rings. The quantitative estimate of drug-likeness (QED) is 0.834. The number of methoxy groups -OCH3 is 2. The molecule has 0 saturated heterocycles. The van der Waals surface area contributed by atoms with E-state index in [0.717, 1.165) is 17.7 Å². The lowest BCUT2D eigenvalue weighted by Gasteiger charge is -2.18. The van der Waals surface area contributed by atoms with E-state index >= 15 is 0 Å². The number of hydrogen-bond acceptors (Lipinski definition) is 4. The average molecular weight is 350 g/mol. The zero-order valence-corrected chi connectivity index (χ0v) is 14.3. The summed E-state index contributed by atoms with van der Waals surface area (Å²) in [6, 6.07) is 8.79. The number of nitrogens with zero attached hydrogens (tertiary/aromatic N) is 1. The van der Waals surface area contributed by atoms with Crippen LogP contribution in [-0.2, 0) is 11.3 Å². The van der Waals surface area contributed by atoms with E-state index in [0.29, 0.717) is 18.0 Å². The maximum atomic E-state index is 13.6. The van der Waals surface area contributed by atoms with Crippen LogP contribution < -0.4 is 14.8 Å². The fourth-order valence-electron chi connectivity index (χ4n) is 2.37. The Morgan fingerprint density at radius 1 is 1.12 bits per heavy atom. The Hall–Kier alpha value is -2.67. The van der Waals surface area contributed by atoms with Gasteiger partial charge in [-0.2, -0.15) is 0 Å². The van der Waals surface area contributed by atoms with E-state index in [2.05, 4.69) is 5.32 Å². The van der Waals surface area contributed by atoms with Crippen molar-refractivity contribution in [3.63, 3.8) is 0 Å². The minimum atomic E-state index is -0.812. The molecule has 134 valence electrons. The molecule has 25 heavy (non-hydrogen) atoms. The van der Waals surface area contributed by atoms with E-state index in [4.69, 9.17) is 9.47 Å². The Bertz CT molecular complexity index is 733. The fourth-order valence-corrected chi connectivity index (χ4v) is 2.37. The summed E-state index contributed by atoms with van der Waals surface area (Å²) >= 11 is 0. The molecule has 7 heteroatoms. The second kappa shape index (κ2) is 8.43. The van der Waals surface area contributed by atoms with Crippen LogP contribution in [0.15, 0.2) is 36.4 Å². The molecule has 0 spiro atoms. The van der Waals surface area contributed by atoms with E-state index in [1.165, 1.54) is 6.07 Å². The molecule has 0 saturated carbocycles. The summed E-state index contributed by atoms with van der Waals surface area (Å²) in [7, 11) is 4.83. The van der Waals surface area contributed by atoms with Crippen molar-refractivity contribution < 1.29 is 23.0 Å². The molecule has 0 aromatic heterocycles. The Balaban J connectivity index is 2.00. The third kappa shape index (κ3) is 4.90. The monoisotopic (exact) mass is 350 g/mol. The highest BCUT2D eigenvalue weighted by Crippen LogP contribution is 2.25. The lowest BCUT2D eigenvalue weighted by atomic mass is 10.2. The van der Waals surface area contributed by atoms with E-state index in [1.807, 2.05) is 6.07 Å². The highest BCUT2D eigenvalue weighted by molar-refractivity contribution is 5.92. The summed E-state index contributed by atoms with van der Waals surface area (Å²) in [4.78, 5) is 13.7. The molecular formula is C18H20F2N2O3. The van der Waals surface area contributed by atoms with Crippen LogP contribution in [0.3, 0.4) is 0 Å². The third-order valence-electron chi connectivity index (χ3n) is 3.58. The zero-order valence-electron chi connectivity index (χ0n) is 14.3. The molecule has 2 rings (SSSR count). The number of halogens is 2. The predicted octanol–water partition coefficient (Wildman–Crippen LogP) is 3.05. The van der Waals surface area contributed by atoms with Crippen molar-refractivity contribution in [3.05, 3.63) is 53.6 Å². The smallest absolute Gasteiger partial charge is 0.238 e. The second-order valence-corrected chi connectivity index (χ2v) is 5.49. The Morgan fingerprint density at radius 3 is 2.40 bits per heavy atom. The standard InChI is InChI=1S/C18H20F2N2O3/c1-22(10-12-7-8-13(24-2)9-16(12)25-3)11-17(23)21-18-14(19)5-4-6-15(18)20/h4-9H,10-11H2,1-3H3,(H,21,23). The molecule has 0 heterocycles. The van der Waals surface area contributed by atoms with E-state index in [-0.39, 0.29) is 6.54 Å². The fraction of sp³-hybridized carbons (Fsp3) is 0.278. The van der Waals surface area contributed by atoms with Gasteiger partial charge >= 0.3 is 0 Å². The van der Waals surface area contributed by atoms with Crippen LogP contribution in [0.25, 0.3) is 0 Å². The molecular weight excluding hydrogens is 330 g/mol. The lowest BCUT2D eigenvalue weighted by molar-refractivity contribution is -0.117. The van der Waals surface area contributed by atoms with Gasteiger partial charge in [0.1, 0.15) is 28.8 Å². The van der Waals surface area contributed by atoms with E-state index in [9.17, 15) is 13.6 Å². The molecule has 0 fully saturated rings. The first kappa shape index (κ1) is 18.7. The number of carbonyl (C=O) groups excluding carboxylic acids is 1. The van der Waals surface area contributed by atoms with Gasteiger partial charge in [0.25, 0.3) is 0 Å². The van der Waals surface area contributed by atoms with Crippen molar-refractivity contribution in [3.8, 4) is 11.5 Å². The molecule has 5 nitrogen and oxygen atoms in total. The second-order valence-electron chi connectivity index (χ2n) is 5.49. The third-order valence-corrected chi connectivity index (χ3v) is 3.58. The molecule has 0 unspecified atom stereocenters. The number of carbonyl (C=O) groups is 1. The van der Waals surface area contributed by atoms with Gasteiger partial charge in [-0.05, 0) is 25.2 Å². The van der Waals surface area contributed by atoms with Crippen molar-refractivity contribution in [2.24, 2.45) is 0 Å². The molecule has 0 atom stereocenters. The van der Waals surface area contributed by atoms with Crippen LogP contribution in [0, 0.1) is 11.6 Å². The molecule has 0 aliphatic heterocycles. The first-order chi connectivity index (χ1) is 11.9. The number of anilines is 1. The van der Waals surface area contributed by atoms with Gasteiger partial charge in [0, 0.05) is 18.2 Å². The first-order valence-corrected chi connectivity index (χ1v) is 7.58. The summed E-state index contributed by atoms with van der Waals surface area (Å²) in [5.41, 5.74) is 0.415. The van der Waals surface area contributed by atoms with Gasteiger partial charge < -0.3 is 14.8 Å². The van der Waals surface area contributed by atoms with Gasteiger partial charge in [-0.25, -0.2) is 8.78 Å². The summed E-state index contributed by atoms with van der Waals surface area (Å²) < 4.78 is 37.6. The number of benzene rings is 2. The maximum Gasteiger partial charge on any atom is 0.238 e. The molecule has 0 aliphatic carbocycles. The number of likely N-dealkylation sites (N-methyl/N-ethyl adjacent to an activating group) is 1. The average Bonchev–Trinajstić information content (AvgIpc) is 2.58. The van der Waals surface area contributed by atoms with Crippen molar-refractivity contribution in [2.75, 3.05) is 33.1 Å². The summed E-state index contributed by atoms with van der Waals surface area (Å²) in [6.45, 7) is 0.378. The molecule has 0 radical (unpaired) electrons. The number of amides is 1. The number of hydrogen-bond donors (Lipinski definition) is 1. The Kier molecular flexibility index (Phi) is 6.30. The van der Waals surface area contributed by atoms with E-state index < -0.39 is 23.2 Å². The van der Waals surface area contributed by atoms with Gasteiger partial charge in [0.15, 0.2) is 0 Å². The predicted molar refractivity (Wildman–Crippen MR) is 90.9 cm³/mol. The highest BCUT2D eigenvalue weighted by Gasteiger charge is 2.15. The number of nitrogens with one attached hydrogen (secondary N) is 1. The van der Waals surface area contributed by atoms with Gasteiger partial charge in [0.05, 0.1) is 20.8 Å². The highest BCUT2D eigenvalue weighted by atomic mass is 19.1. The number of para-hydroxylation sites is 1. The van der Waals surface area contributed by atoms with Crippen LogP contribution in [0.2, 0.25) is 0 Å². The van der Waals surface area contributed by atoms with Gasteiger partial charge in [-0.15, -0.1) is 0 Å². The van der Waals surface area contributed by atoms with Crippen LogP contribution in [0.5, 0.6) is 11.5 Å². The van der Waals surface area contributed by atoms with Crippen LogP contribution in [0.1, 0.15) is 5.56 Å². The van der Waals surface area contributed by atoms with Crippen LogP contribution in [0.4, 0.5) is 14.5 Å². The maximum absolute atomic E-state index is 13.6. The summed E-state index contributed by atoms with van der Waals surface area (Å²) in [5, 5.41) is 2.26. The number of ether oxygens (including phenoxy) is 2. The topological polar surface area (TPSA) is 50.8 Å². The normalized spacial score (nSPS) is 10.6.